The SMILES string of the molecule is NC(CCl)=Nc1ccccc1Oc1cccnc1. The smallest absolute Gasteiger partial charge is 0.153 e. The number of aromatic nitrogens is 1. The highest BCUT2D eigenvalue weighted by Gasteiger charge is 2.03. The molecule has 4 nitrogen and oxygen atoms in total. The molecule has 0 bridgehead atoms. The summed E-state index contributed by atoms with van der Waals surface area (Å²) in [6.45, 7) is 0. The van der Waals surface area contributed by atoms with E-state index in [0.29, 0.717) is 23.0 Å². The Bertz CT molecular complexity index is 543. The van der Waals surface area contributed by atoms with Crippen LogP contribution in [0.1, 0.15) is 0 Å². The van der Waals surface area contributed by atoms with Gasteiger partial charge in [-0.15, -0.1) is 11.6 Å². The van der Waals surface area contributed by atoms with E-state index in [1.54, 1.807) is 18.5 Å². The molecule has 2 rings (SSSR count). The van der Waals surface area contributed by atoms with Crippen molar-refractivity contribution >= 4 is 23.1 Å². The maximum atomic E-state index is 5.69. The summed E-state index contributed by atoms with van der Waals surface area (Å²) in [7, 11) is 0. The van der Waals surface area contributed by atoms with Crippen LogP contribution < -0.4 is 10.5 Å². The van der Waals surface area contributed by atoms with Gasteiger partial charge in [0, 0.05) is 6.20 Å². The first-order valence-corrected chi connectivity index (χ1v) is 5.89. The third kappa shape index (κ3) is 3.21. The first kappa shape index (κ1) is 12.4. The molecule has 0 unspecified atom stereocenters. The van der Waals surface area contributed by atoms with Gasteiger partial charge in [-0.1, -0.05) is 12.1 Å². The molecule has 0 saturated carbocycles. The van der Waals surface area contributed by atoms with Crippen molar-refractivity contribution in [2.75, 3.05) is 5.88 Å². The molecule has 0 spiro atoms. The topological polar surface area (TPSA) is 60.5 Å². The summed E-state index contributed by atoms with van der Waals surface area (Å²) in [6, 6.07) is 11.0. The second-order valence-electron chi connectivity index (χ2n) is 3.50. The number of halogens is 1. The average Bonchev–Trinajstić information content (AvgIpc) is 2.42. The minimum absolute atomic E-state index is 0.182. The summed E-state index contributed by atoms with van der Waals surface area (Å²) in [5.41, 5.74) is 6.26. The van der Waals surface area contributed by atoms with E-state index in [4.69, 9.17) is 22.1 Å². The van der Waals surface area contributed by atoms with Crippen LogP contribution in [0.25, 0.3) is 0 Å². The first-order valence-electron chi connectivity index (χ1n) is 5.35. The van der Waals surface area contributed by atoms with Gasteiger partial charge in [-0.05, 0) is 24.3 Å². The van der Waals surface area contributed by atoms with E-state index < -0.39 is 0 Å². The normalized spacial score (nSPS) is 11.3. The predicted octanol–water partition coefficient (Wildman–Crippen LogP) is 3.10. The van der Waals surface area contributed by atoms with Crippen LogP contribution in [0.15, 0.2) is 53.8 Å². The Morgan fingerprint density at radius 3 is 2.83 bits per heavy atom. The van der Waals surface area contributed by atoms with Crippen molar-refractivity contribution in [3.05, 3.63) is 48.8 Å². The molecule has 92 valence electrons. The zero-order valence-electron chi connectivity index (χ0n) is 9.58. The van der Waals surface area contributed by atoms with Crippen LogP contribution in [0.5, 0.6) is 11.5 Å². The lowest BCUT2D eigenvalue weighted by atomic mass is 10.3. The predicted molar refractivity (Wildman–Crippen MR) is 72.8 cm³/mol. The lowest BCUT2D eigenvalue weighted by Gasteiger charge is -2.07. The Hall–Kier alpha value is -2.07. The highest BCUT2D eigenvalue weighted by Crippen LogP contribution is 2.30. The molecular weight excluding hydrogens is 250 g/mol. The number of hydrogen-bond acceptors (Lipinski definition) is 3. The minimum atomic E-state index is 0.182. The van der Waals surface area contributed by atoms with Gasteiger partial charge in [-0.25, -0.2) is 4.99 Å². The third-order valence-corrected chi connectivity index (χ3v) is 2.40. The van der Waals surface area contributed by atoms with Crippen LogP contribution in [0.2, 0.25) is 0 Å². The summed E-state index contributed by atoms with van der Waals surface area (Å²) in [4.78, 5) is 8.17. The standard InChI is InChI=1S/C13H12ClN3O/c14-8-13(15)17-11-5-1-2-6-12(11)18-10-4-3-7-16-9-10/h1-7,9H,8H2,(H2,15,17). The van der Waals surface area contributed by atoms with Crippen molar-refractivity contribution < 1.29 is 4.74 Å². The quantitative estimate of drug-likeness (QED) is 0.523. The highest BCUT2D eigenvalue weighted by atomic mass is 35.5. The van der Waals surface area contributed by atoms with Gasteiger partial charge >= 0.3 is 0 Å². The molecule has 1 aromatic heterocycles. The van der Waals surface area contributed by atoms with Gasteiger partial charge in [-0.3, -0.25) is 4.98 Å². The van der Waals surface area contributed by atoms with E-state index in [1.165, 1.54) is 0 Å². The number of pyridine rings is 1. The van der Waals surface area contributed by atoms with Crippen LogP contribution in [0.3, 0.4) is 0 Å². The van der Waals surface area contributed by atoms with Gasteiger partial charge in [0.25, 0.3) is 0 Å². The fourth-order valence-corrected chi connectivity index (χ4v) is 1.41. The molecule has 0 aliphatic heterocycles. The van der Waals surface area contributed by atoms with E-state index in [-0.39, 0.29) is 5.88 Å². The molecule has 0 fully saturated rings. The van der Waals surface area contributed by atoms with Gasteiger partial charge in [0.1, 0.15) is 17.3 Å². The number of rotatable bonds is 4. The minimum Gasteiger partial charge on any atom is -0.453 e. The number of ether oxygens (including phenoxy) is 1. The van der Waals surface area contributed by atoms with Crippen molar-refractivity contribution in [1.29, 1.82) is 0 Å². The maximum absolute atomic E-state index is 5.69. The number of amidine groups is 1. The number of alkyl halides is 1. The van der Waals surface area contributed by atoms with Crippen molar-refractivity contribution in [2.45, 2.75) is 0 Å². The van der Waals surface area contributed by atoms with E-state index in [2.05, 4.69) is 9.98 Å². The summed E-state index contributed by atoms with van der Waals surface area (Å²) in [5.74, 6) is 1.78. The third-order valence-electron chi connectivity index (χ3n) is 2.13. The molecule has 0 amide bonds. The number of para-hydroxylation sites is 2. The number of benzene rings is 1. The van der Waals surface area contributed by atoms with E-state index in [1.807, 2.05) is 30.3 Å². The van der Waals surface area contributed by atoms with Gasteiger partial charge in [0.05, 0.1) is 12.1 Å². The van der Waals surface area contributed by atoms with Gasteiger partial charge in [0.15, 0.2) is 5.75 Å². The van der Waals surface area contributed by atoms with E-state index in [0.717, 1.165) is 0 Å². The van der Waals surface area contributed by atoms with E-state index >= 15 is 0 Å². The van der Waals surface area contributed by atoms with Crippen LogP contribution in [-0.2, 0) is 0 Å². The molecule has 0 saturated heterocycles. The Balaban J connectivity index is 2.28. The van der Waals surface area contributed by atoms with Crippen molar-refractivity contribution in [1.82, 2.24) is 4.98 Å². The summed E-state index contributed by atoms with van der Waals surface area (Å²) in [5, 5.41) is 0. The van der Waals surface area contributed by atoms with Gasteiger partial charge < -0.3 is 10.5 Å². The van der Waals surface area contributed by atoms with Crippen molar-refractivity contribution in [3.8, 4) is 11.5 Å². The molecule has 5 heteroatoms. The van der Waals surface area contributed by atoms with Gasteiger partial charge in [-0.2, -0.15) is 0 Å². The fourth-order valence-electron chi connectivity index (χ4n) is 1.35. The molecule has 2 N–H and O–H groups in total. The molecule has 1 heterocycles. The number of nitrogens with two attached hydrogens (primary N) is 1. The fraction of sp³-hybridized carbons (Fsp3) is 0.0769. The van der Waals surface area contributed by atoms with Crippen LogP contribution >= 0.6 is 11.6 Å². The highest BCUT2D eigenvalue weighted by molar-refractivity contribution is 6.28. The zero-order chi connectivity index (χ0) is 12.8. The molecule has 0 aliphatic rings. The lowest BCUT2D eigenvalue weighted by molar-refractivity contribution is 0.481. The molecule has 18 heavy (non-hydrogen) atoms. The largest absolute Gasteiger partial charge is 0.453 e. The average molecular weight is 262 g/mol. The Labute approximate surface area is 110 Å². The Morgan fingerprint density at radius 2 is 2.11 bits per heavy atom. The first-order chi connectivity index (χ1) is 8.79. The molecular formula is C13H12ClN3O. The summed E-state index contributed by atoms with van der Waals surface area (Å²) >= 11 is 5.61. The molecule has 0 aliphatic carbocycles. The summed E-state index contributed by atoms with van der Waals surface area (Å²) in [6.07, 6.45) is 3.31. The van der Waals surface area contributed by atoms with Crippen LogP contribution in [-0.4, -0.2) is 16.7 Å². The second-order valence-corrected chi connectivity index (χ2v) is 3.76. The van der Waals surface area contributed by atoms with Crippen LogP contribution in [0, 0.1) is 0 Å². The number of aliphatic imine (C=N–C) groups is 1. The maximum Gasteiger partial charge on any atom is 0.153 e. The number of hydrogen-bond donors (Lipinski definition) is 1. The van der Waals surface area contributed by atoms with Gasteiger partial charge in [0.2, 0.25) is 0 Å². The van der Waals surface area contributed by atoms with Crippen molar-refractivity contribution in [2.24, 2.45) is 10.7 Å². The molecule has 2 aromatic rings. The Morgan fingerprint density at radius 1 is 1.28 bits per heavy atom. The van der Waals surface area contributed by atoms with E-state index in [9.17, 15) is 0 Å². The lowest BCUT2D eigenvalue weighted by Crippen LogP contribution is -2.12. The Kier molecular flexibility index (Phi) is 4.15. The molecule has 0 radical (unpaired) electrons. The van der Waals surface area contributed by atoms with Crippen LogP contribution in [0.4, 0.5) is 5.69 Å². The zero-order valence-corrected chi connectivity index (χ0v) is 10.3. The van der Waals surface area contributed by atoms with Crippen molar-refractivity contribution in [3.63, 3.8) is 0 Å². The number of nitrogens with zero attached hydrogens (tertiary/aromatic N) is 2. The molecule has 1 aromatic carbocycles. The molecule has 0 atom stereocenters. The summed E-state index contributed by atoms with van der Waals surface area (Å²) < 4.78 is 5.69. The monoisotopic (exact) mass is 261 g/mol. The second kappa shape index (κ2) is 6.02.